The molecule has 2 aliphatic rings. The van der Waals surface area contributed by atoms with Gasteiger partial charge in [0.2, 0.25) is 0 Å². The zero-order valence-corrected chi connectivity index (χ0v) is 17.2. The second-order valence-electron chi connectivity index (χ2n) is 8.26. The molecule has 0 radical (unpaired) electrons. The normalized spacial score (nSPS) is 17.6. The Hall–Kier alpha value is -2.33. The Morgan fingerprint density at radius 3 is 2.52 bits per heavy atom. The van der Waals surface area contributed by atoms with Crippen LogP contribution in [0.2, 0.25) is 5.02 Å². The summed E-state index contributed by atoms with van der Waals surface area (Å²) >= 11 is 6.48. The average Bonchev–Trinajstić information content (AvgIpc) is 3.40. The topological polar surface area (TPSA) is 70.2 Å². The summed E-state index contributed by atoms with van der Waals surface area (Å²) in [5, 5.41) is 9.49. The van der Waals surface area contributed by atoms with Gasteiger partial charge in [-0.05, 0) is 67.2 Å². The third kappa shape index (κ3) is 4.81. The minimum Gasteiger partial charge on any atom is -0.481 e. The molecule has 0 atom stereocenters. The van der Waals surface area contributed by atoms with Crippen LogP contribution in [0.4, 0.5) is 0 Å². The molecule has 2 saturated carbocycles. The number of hydrogen-bond donors (Lipinski definition) is 2. The van der Waals surface area contributed by atoms with Gasteiger partial charge in [0.15, 0.2) is 0 Å². The van der Waals surface area contributed by atoms with E-state index in [2.05, 4.69) is 11.1 Å². The maximum atomic E-state index is 12.6. The van der Waals surface area contributed by atoms with Crippen LogP contribution in [0, 0.1) is 5.92 Å². The molecule has 1 aromatic carbocycles. The number of nitrogens with one attached hydrogen (secondary N) is 1. The van der Waals surface area contributed by atoms with Crippen molar-refractivity contribution in [2.45, 2.75) is 57.3 Å². The molecule has 2 fully saturated rings. The number of H-pyrrole nitrogens is 1. The van der Waals surface area contributed by atoms with Crippen molar-refractivity contribution < 1.29 is 9.90 Å². The van der Waals surface area contributed by atoms with Gasteiger partial charge in [0.1, 0.15) is 0 Å². The second-order valence-corrected chi connectivity index (χ2v) is 8.66. The quantitative estimate of drug-likeness (QED) is 0.627. The molecule has 2 aliphatic carbocycles. The standard InChI is InChI=1S/C24H26ClNO3/c25-21-14-18(8-7-17(21)9-12-23(27)28)20(13-15-3-1-2-4-15)22-11-10-19(16-5-6-16)24(29)26-22/h7-8,10-11,13-16H,1-6,9,12H2,(H,26,29)(H,27,28)/b20-13+. The Morgan fingerprint density at radius 2 is 1.90 bits per heavy atom. The summed E-state index contributed by atoms with van der Waals surface area (Å²) in [5.74, 6) is 0.0837. The van der Waals surface area contributed by atoms with Crippen LogP contribution in [-0.2, 0) is 11.2 Å². The molecule has 2 N–H and O–H groups in total. The van der Waals surface area contributed by atoms with Crippen molar-refractivity contribution in [2.24, 2.45) is 5.92 Å². The number of allylic oxidation sites excluding steroid dienone is 1. The number of carboxylic acid groups (broad SMARTS) is 1. The molecule has 0 unspecified atom stereocenters. The molecule has 1 heterocycles. The van der Waals surface area contributed by atoms with Gasteiger partial charge < -0.3 is 10.1 Å². The highest BCUT2D eigenvalue weighted by Crippen LogP contribution is 2.39. The van der Waals surface area contributed by atoms with Gasteiger partial charge in [-0.2, -0.15) is 0 Å². The summed E-state index contributed by atoms with van der Waals surface area (Å²) in [7, 11) is 0. The molecule has 0 aliphatic heterocycles. The molecule has 0 spiro atoms. The predicted molar refractivity (Wildman–Crippen MR) is 115 cm³/mol. The molecule has 5 heteroatoms. The number of hydrogen-bond acceptors (Lipinski definition) is 2. The van der Waals surface area contributed by atoms with Gasteiger partial charge >= 0.3 is 5.97 Å². The highest BCUT2D eigenvalue weighted by molar-refractivity contribution is 6.31. The fraction of sp³-hybridized carbons (Fsp3) is 0.417. The van der Waals surface area contributed by atoms with E-state index >= 15 is 0 Å². The Morgan fingerprint density at radius 1 is 1.14 bits per heavy atom. The lowest BCUT2D eigenvalue weighted by atomic mass is 9.94. The van der Waals surface area contributed by atoms with Gasteiger partial charge in [-0.15, -0.1) is 0 Å². The fourth-order valence-corrected chi connectivity index (χ4v) is 4.49. The van der Waals surface area contributed by atoms with E-state index < -0.39 is 5.97 Å². The number of aromatic amines is 1. The van der Waals surface area contributed by atoms with E-state index in [0.29, 0.717) is 23.3 Å². The van der Waals surface area contributed by atoms with E-state index in [4.69, 9.17) is 16.7 Å². The fourth-order valence-electron chi connectivity index (χ4n) is 4.22. The Labute approximate surface area is 175 Å². The maximum Gasteiger partial charge on any atom is 0.303 e. The lowest BCUT2D eigenvalue weighted by Crippen LogP contribution is -2.13. The van der Waals surface area contributed by atoms with E-state index in [0.717, 1.165) is 53.6 Å². The molecule has 4 rings (SSSR count). The number of carbonyl (C=O) groups is 1. The second kappa shape index (κ2) is 8.58. The number of benzene rings is 1. The highest BCUT2D eigenvalue weighted by Gasteiger charge is 2.26. The molecular formula is C24H26ClNO3. The molecule has 0 amide bonds. The summed E-state index contributed by atoms with van der Waals surface area (Å²) in [6.45, 7) is 0. The number of rotatable bonds is 7. The first-order valence-electron chi connectivity index (χ1n) is 10.5. The first-order valence-corrected chi connectivity index (χ1v) is 10.8. The number of aliphatic carboxylic acids is 1. The molecule has 4 nitrogen and oxygen atoms in total. The van der Waals surface area contributed by atoms with Crippen molar-refractivity contribution in [3.05, 3.63) is 74.2 Å². The SMILES string of the molecule is O=C(O)CCc1ccc(/C(=C\C2CCCC2)c2ccc(C3CC3)c(=O)[nH]2)cc1Cl. The van der Waals surface area contributed by atoms with Crippen molar-refractivity contribution in [1.82, 2.24) is 4.98 Å². The van der Waals surface area contributed by atoms with Crippen LogP contribution in [0.1, 0.15) is 73.2 Å². The van der Waals surface area contributed by atoms with Gasteiger partial charge in [0, 0.05) is 28.3 Å². The van der Waals surface area contributed by atoms with Crippen LogP contribution < -0.4 is 5.56 Å². The van der Waals surface area contributed by atoms with Crippen LogP contribution in [0.15, 0.2) is 41.2 Å². The number of carboxylic acids is 1. The zero-order chi connectivity index (χ0) is 20.4. The zero-order valence-electron chi connectivity index (χ0n) is 16.4. The summed E-state index contributed by atoms with van der Waals surface area (Å²) in [4.78, 5) is 26.6. The Balaban J connectivity index is 1.69. The first-order chi connectivity index (χ1) is 14.0. The van der Waals surface area contributed by atoms with Crippen LogP contribution >= 0.6 is 11.6 Å². The molecule has 29 heavy (non-hydrogen) atoms. The third-order valence-corrected chi connectivity index (χ3v) is 6.37. The number of aromatic nitrogens is 1. The maximum absolute atomic E-state index is 12.6. The molecule has 2 aromatic rings. The third-order valence-electron chi connectivity index (χ3n) is 6.02. The molecule has 152 valence electrons. The van der Waals surface area contributed by atoms with Crippen LogP contribution in [0.3, 0.4) is 0 Å². The summed E-state index contributed by atoms with van der Waals surface area (Å²) in [6.07, 6.45) is 9.74. The van der Waals surface area contributed by atoms with Gasteiger partial charge in [0.25, 0.3) is 5.56 Å². The molecular weight excluding hydrogens is 386 g/mol. The van der Waals surface area contributed by atoms with Crippen molar-refractivity contribution in [2.75, 3.05) is 0 Å². The summed E-state index contributed by atoms with van der Waals surface area (Å²) < 4.78 is 0. The lowest BCUT2D eigenvalue weighted by Gasteiger charge is -2.14. The van der Waals surface area contributed by atoms with E-state index in [1.54, 1.807) is 0 Å². The van der Waals surface area contributed by atoms with Crippen LogP contribution in [0.25, 0.3) is 5.57 Å². The Kier molecular flexibility index (Phi) is 5.91. The lowest BCUT2D eigenvalue weighted by molar-refractivity contribution is -0.136. The minimum atomic E-state index is -0.833. The summed E-state index contributed by atoms with van der Waals surface area (Å²) in [6, 6.07) is 9.77. The van der Waals surface area contributed by atoms with E-state index in [1.807, 2.05) is 30.3 Å². The number of pyridine rings is 1. The van der Waals surface area contributed by atoms with Gasteiger partial charge in [0.05, 0.1) is 0 Å². The molecule has 1 aromatic heterocycles. The van der Waals surface area contributed by atoms with Gasteiger partial charge in [-0.3, -0.25) is 9.59 Å². The van der Waals surface area contributed by atoms with Crippen LogP contribution in [-0.4, -0.2) is 16.1 Å². The van der Waals surface area contributed by atoms with Crippen molar-refractivity contribution >= 4 is 23.1 Å². The van der Waals surface area contributed by atoms with Crippen molar-refractivity contribution in [3.63, 3.8) is 0 Å². The van der Waals surface area contributed by atoms with E-state index in [-0.39, 0.29) is 12.0 Å². The average molecular weight is 412 g/mol. The number of halogens is 1. The highest BCUT2D eigenvalue weighted by atomic mass is 35.5. The van der Waals surface area contributed by atoms with Crippen molar-refractivity contribution in [3.8, 4) is 0 Å². The largest absolute Gasteiger partial charge is 0.481 e. The predicted octanol–water partition coefficient (Wildman–Crippen LogP) is 5.54. The van der Waals surface area contributed by atoms with Gasteiger partial charge in [-0.1, -0.05) is 48.7 Å². The van der Waals surface area contributed by atoms with E-state index in [1.165, 1.54) is 12.8 Å². The summed E-state index contributed by atoms with van der Waals surface area (Å²) in [5.41, 5.74) is 4.50. The number of aryl methyl sites for hydroxylation is 1. The van der Waals surface area contributed by atoms with Crippen molar-refractivity contribution in [1.29, 1.82) is 0 Å². The Bertz CT molecular complexity index is 997. The minimum absolute atomic E-state index is 0.00602. The van der Waals surface area contributed by atoms with Crippen LogP contribution in [0.5, 0.6) is 0 Å². The first kappa shape index (κ1) is 20.0. The van der Waals surface area contributed by atoms with Gasteiger partial charge in [-0.25, -0.2) is 0 Å². The molecule has 0 saturated heterocycles. The monoisotopic (exact) mass is 411 g/mol. The molecule has 0 bridgehead atoms. The smallest absolute Gasteiger partial charge is 0.303 e. The van der Waals surface area contributed by atoms with E-state index in [9.17, 15) is 9.59 Å².